The summed E-state index contributed by atoms with van der Waals surface area (Å²) in [4.78, 5) is 20.3. The second-order valence-corrected chi connectivity index (χ2v) is 5.18. The van der Waals surface area contributed by atoms with Gasteiger partial charge in [-0.05, 0) is 29.8 Å². The zero-order valence-electron chi connectivity index (χ0n) is 13.1. The lowest BCUT2D eigenvalue weighted by atomic mass is 10.2. The molecule has 0 unspecified atom stereocenters. The van der Waals surface area contributed by atoms with Gasteiger partial charge in [-0.15, -0.1) is 6.42 Å². The fourth-order valence-corrected chi connectivity index (χ4v) is 2.13. The molecule has 132 valence electrons. The molecule has 10 heteroatoms. The van der Waals surface area contributed by atoms with E-state index in [0.29, 0.717) is 16.3 Å². The average molecular weight is 375 g/mol. The predicted octanol–water partition coefficient (Wildman–Crippen LogP) is 3.61. The number of nitrogens with one attached hydrogen (secondary N) is 1. The molecule has 0 fully saturated rings. The van der Waals surface area contributed by atoms with E-state index in [1.54, 1.807) is 18.2 Å². The topological polar surface area (TPSA) is 120 Å². The van der Waals surface area contributed by atoms with Crippen LogP contribution in [-0.2, 0) is 0 Å². The van der Waals surface area contributed by atoms with Crippen LogP contribution < -0.4 is 10.2 Å². The number of anilines is 1. The number of hydrazone groups is 1. The van der Waals surface area contributed by atoms with Crippen molar-refractivity contribution >= 4 is 34.9 Å². The van der Waals surface area contributed by atoms with E-state index in [9.17, 15) is 20.2 Å². The molecule has 0 atom stereocenters. The highest BCUT2D eigenvalue weighted by Crippen LogP contribution is 2.29. The van der Waals surface area contributed by atoms with Gasteiger partial charge in [-0.2, -0.15) is 5.10 Å². The number of hydrogen-bond donors (Lipinski definition) is 1. The first-order valence-electron chi connectivity index (χ1n) is 7.00. The molecule has 2 aromatic rings. The Labute approximate surface area is 152 Å². The lowest BCUT2D eigenvalue weighted by molar-refractivity contribution is -0.393. The molecule has 0 heterocycles. The number of hydrogen-bond acceptors (Lipinski definition) is 7. The van der Waals surface area contributed by atoms with Crippen LogP contribution in [-0.4, -0.2) is 22.7 Å². The van der Waals surface area contributed by atoms with E-state index in [-0.39, 0.29) is 18.0 Å². The Hall–Kier alpha value is -3.64. The molecule has 0 spiro atoms. The SMILES string of the molecule is C#CCOc1ccc(/C=N/Nc2ccc([N+](=O)[O-])cc2[N+](=O)[O-])cc1Cl. The summed E-state index contributed by atoms with van der Waals surface area (Å²) in [5.41, 5.74) is 2.24. The number of rotatable bonds is 7. The summed E-state index contributed by atoms with van der Waals surface area (Å²) in [6.07, 6.45) is 6.48. The lowest BCUT2D eigenvalue weighted by Crippen LogP contribution is -1.99. The molecular weight excluding hydrogens is 364 g/mol. The van der Waals surface area contributed by atoms with E-state index in [4.69, 9.17) is 22.8 Å². The summed E-state index contributed by atoms with van der Waals surface area (Å²) in [7, 11) is 0. The third-order valence-electron chi connectivity index (χ3n) is 3.05. The van der Waals surface area contributed by atoms with Crippen molar-refractivity contribution in [2.75, 3.05) is 12.0 Å². The second kappa shape index (κ2) is 8.46. The number of non-ortho nitro benzene ring substituents is 1. The Morgan fingerprint density at radius 3 is 2.62 bits per heavy atom. The largest absolute Gasteiger partial charge is 0.479 e. The van der Waals surface area contributed by atoms with Crippen molar-refractivity contribution < 1.29 is 14.6 Å². The lowest BCUT2D eigenvalue weighted by Gasteiger charge is -2.05. The highest BCUT2D eigenvalue weighted by atomic mass is 35.5. The standard InChI is InChI=1S/C16H11ClN4O5/c1-2-7-26-16-6-3-11(8-13(16)17)10-18-19-14-5-4-12(20(22)23)9-15(14)21(24)25/h1,3-6,8-10,19H,7H2/b18-10+. The van der Waals surface area contributed by atoms with Crippen molar-refractivity contribution in [1.29, 1.82) is 0 Å². The average Bonchev–Trinajstić information content (AvgIpc) is 2.61. The van der Waals surface area contributed by atoms with Crippen LogP contribution in [0.15, 0.2) is 41.5 Å². The Bertz CT molecular complexity index is 923. The van der Waals surface area contributed by atoms with Crippen LogP contribution in [0.25, 0.3) is 0 Å². The van der Waals surface area contributed by atoms with E-state index >= 15 is 0 Å². The highest BCUT2D eigenvalue weighted by Gasteiger charge is 2.19. The molecule has 0 radical (unpaired) electrons. The molecule has 2 rings (SSSR count). The zero-order chi connectivity index (χ0) is 19.1. The third-order valence-corrected chi connectivity index (χ3v) is 3.35. The first-order chi connectivity index (χ1) is 12.4. The van der Waals surface area contributed by atoms with E-state index in [1.807, 2.05) is 0 Å². The normalized spacial score (nSPS) is 10.3. The van der Waals surface area contributed by atoms with Crippen LogP contribution in [0.2, 0.25) is 5.02 Å². The van der Waals surface area contributed by atoms with Crippen molar-refractivity contribution in [2.24, 2.45) is 5.10 Å². The molecule has 0 aromatic heterocycles. The van der Waals surface area contributed by atoms with Gasteiger partial charge in [0.2, 0.25) is 0 Å². The fraction of sp³-hybridized carbons (Fsp3) is 0.0625. The van der Waals surface area contributed by atoms with Gasteiger partial charge in [0.15, 0.2) is 0 Å². The van der Waals surface area contributed by atoms with Gasteiger partial charge in [-0.3, -0.25) is 25.7 Å². The van der Waals surface area contributed by atoms with Gasteiger partial charge in [-0.25, -0.2) is 0 Å². The van der Waals surface area contributed by atoms with Gasteiger partial charge in [0, 0.05) is 6.07 Å². The maximum atomic E-state index is 11.0. The van der Waals surface area contributed by atoms with Gasteiger partial charge in [-0.1, -0.05) is 17.5 Å². The van der Waals surface area contributed by atoms with Gasteiger partial charge in [0.05, 0.1) is 27.2 Å². The molecule has 26 heavy (non-hydrogen) atoms. The summed E-state index contributed by atoms with van der Waals surface area (Å²) in [6.45, 7) is 0.0819. The van der Waals surface area contributed by atoms with Crippen molar-refractivity contribution in [3.63, 3.8) is 0 Å². The quantitative estimate of drug-likeness (QED) is 0.342. The Kier molecular flexibility index (Phi) is 6.08. The molecule has 9 nitrogen and oxygen atoms in total. The van der Waals surface area contributed by atoms with Gasteiger partial charge in [0.1, 0.15) is 18.0 Å². The Morgan fingerprint density at radius 2 is 2.00 bits per heavy atom. The monoisotopic (exact) mass is 374 g/mol. The summed E-state index contributed by atoms with van der Waals surface area (Å²) >= 11 is 6.05. The van der Waals surface area contributed by atoms with Crippen LogP contribution in [0, 0.1) is 32.6 Å². The van der Waals surface area contributed by atoms with Crippen LogP contribution in [0.4, 0.5) is 17.1 Å². The van der Waals surface area contributed by atoms with Gasteiger partial charge < -0.3 is 4.74 Å². The van der Waals surface area contributed by atoms with E-state index in [2.05, 4.69) is 16.4 Å². The minimum absolute atomic E-state index is 0.0110. The van der Waals surface area contributed by atoms with Crippen molar-refractivity contribution in [3.05, 3.63) is 67.2 Å². The van der Waals surface area contributed by atoms with Crippen LogP contribution in [0.3, 0.4) is 0 Å². The smallest absolute Gasteiger partial charge is 0.301 e. The van der Waals surface area contributed by atoms with E-state index < -0.39 is 15.5 Å². The number of benzene rings is 2. The van der Waals surface area contributed by atoms with Crippen LogP contribution in [0.1, 0.15) is 5.56 Å². The summed E-state index contributed by atoms with van der Waals surface area (Å²) in [5.74, 6) is 2.74. The molecule has 1 N–H and O–H groups in total. The number of nitro benzene ring substituents is 2. The van der Waals surface area contributed by atoms with Crippen molar-refractivity contribution in [2.45, 2.75) is 0 Å². The Balaban J connectivity index is 2.15. The number of halogens is 1. The molecule has 0 bridgehead atoms. The molecule has 2 aromatic carbocycles. The molecule has 0 aliphatic rings. The number of ether oxygens (including phenoxy) is 1. The highest BCUT2D eigenvalue weighted by molar-refractivity contribution is 6.32. The fourth-order valence-electron chi connectivity index (χ4n) is 1.89. The maximum Gasteiger partial charge on any atom is 0.301 e. The second-order valence-electron chi connectivity index (χ2n) is 4.77. The molecule has 0 aliphatic carbocycles. The minimum atomic E-state index is -0.737. The summed E-state index contributed by atoms with van der Waals surface area (Å²) in [6, 6.07) is 8.04. The maximum absolute atomic E-state index is 11.0. The number of nitro groups is 2. The van der Waals surface area contributed by atoms with E-state index in [1.165, 1.54) is 12.3 Å². The molecule has 0 amide bonds. The van der Waals surface area contributed by atoms with Crippen LogP contribution >= 0.6 is 11.6 Å². The first kappa shape index (κ1) is 18.7. The van der Waals surface area contributed by atoms with Crippen LogP contribution in [0.5, 0.6) is 5.75 Å². The summed E-state index contributed by atoms with van der Waals surface area (Å²) < 4.78 is 5.23. The predicted molar refractivity (Wildman–Crippen MR) is 96.7 cm³/mol. The van der Waals surface area contributed by atoms with Gasteiger partial charge >= 0.3 is 5.69 Å². The number of terminal acetylenes is 1. The van der Waals surface area contributed by atoms with Crippen molar-refractivity contribution in [3.8, 4) is 18.1 Å². The molecule has 0 aliphatic heterocycles. The van der Waals surface area contributed by atoms with E-state index in [0.717, 1.165) is 12.1 Å². The zero-order valence-corrected chi connectivity index (χ0v) is 13.8. The molecule has 0 saturated heterocycles. The van der Waals surface area contributed by atoms with Crippen molar-refractivity contribution in [1.82, 2.24) is 0 Å². The molecular formula is C16H11ClN4O5. The summed E-state index contributed by atoms with van der Waals surface area (Å²) in [5, 5.41) is 26.0. The minimum Gasteiger partial charge on any atom is -0.479 e. The van der Waals surface area contributed by atoms with Gasteiger partial charge in [0.25, 0.3) is 5.69 Å². The first-order valence-corrected chi connectivity index (χ1v) is 7.38. The third kappa shape index (κ3) is 4.68. The number of nitrogens with zero attached hydrogens (tertiary/aromatic N) is 3. The Morgan fingerprint density at radius 1 is 1.23 bits per heavy atom. The molecule has 0 saturated carbocycles.